The van der Waals surface area contributed by atoms with E-state index < -0.39 is 12.1 Å². The SMILES string of the molecule is CC(CN1c2ccccc2Sc2ccccc21)N(C)C.CNC(C)C(O)c1ccccc1.O=C(O)c1ccccc1O. The number of aromatic carboxylic acids is 1. The quantitative estimate of drug-likeness (QED) is 0.191. The number of hydrogen-bond donors (Lipinski definition) is 4. The van der Waals surface area contributed by atoms with E-state index in [1.807, 2.05) is 56.1 Å². The van der Waals surface area contributed by atoms with Gasteiger partial charge in [-0.1, -0.05) is 78.5 Å². The Hall–Kier alpha value is -3.82. The van der Waals surface area contributed by atoms with E-state index in [4.69, 9.17) is 10.2 Å². The lowest BCUT2D eigenvalue weighted by Gasteiger charge is -2.36. The van der Waals surface area contributed by atoms with Gasteiger partial charge in [-0.15, -0.1) is 0 Å². The molecule has 0 saturated carbocycles. The number of carbonyl (C=O) groups is 1. The highest BCUT2D eigenvalue weighted by Gasteiger charge is 2.24. The predicted octanol–water partition coefficient (Wildman–Crippen LogP) is 6.66. The van der Waals surface area contributed by atoms with Crippen molar-refractivity contribution >= 4 is 29.1 Å². The van der Waals surface area contributed by atoms with E-state index in [-0.39, 0.29) is 17.4 Å². The van der Waals surface area contributed by atoms with Gasteiger partial charge >= 0.3 is 5.97 Å². The van der Waals surface area contributed by atoms with E-state index >= 15 is 0 Å². The molecule has 0 saturated heterocycles. The maximum atomic E-state index is 10.3. The Morgan fingerprint density at radius 2 is 1.33 bits per heavy atom. The summed E-state index contributed by atoms with van der Waals surface area (Å²) >= 11 is 1.87. The van der Waals surface area contributed by atoms with Crippen LogP contribution in [0.4, 0.5) is 11.4 Å². The summed E-state index contributed by atoms with van der Waals surface area (Å²) in [7, 11) is 6.12. The van der Waals surface area contributed by atoms with Gasteiger partial charge in [0.2, 0.25) is 0 Å². The number of phenols is 1. The van der Waals surface area contributed by atoms with E-state index in [2.05, 4.69) is 84.7 Å². The number of nitrogens with one attached hydrogen (secondary N) is 1. The molecule has 0 bridgehead atoms. The second kappa shape index (κ2) is 16.0. The van der Waals surface area contributed by atoms with Gasteiger partial charge in [0.15, 0.2) is 0 Å². The number of aliphatic hydroxyl groups is 1. The van der Waals surface area contributed by atoms with Crippen LogP contribution in [0, 0.1) is 0 Å². The van der Waals surface area contributed by atoms with Gasteiger partial charge < -0.3 is 30.4 Å². The number of para-hydroxylation sites is 3. The van der Waals surface area contributed by atoms with Gasteiger partial charge in [0.1, 0.15) is 11.3 Å². The van der Waals surface area contributed by atoms with Crippen molar-refractivity contribution in [2.24, 2.45) is 0 Å². The first-order valence-electron chi connectivity index (χ1n) is 13.9. The lowest BCUT2D eigenvalue weighted by molar-refractivity contribution is 0.0693. The molecule has 4 aromatic carbocycles. The highest BCUT2D eigenvalue weighted by Crippen LogP contribution is 2.47. The Kier molecular flexibility index (Phi) is 12.4. The smallest absolute Gasteiger partial charge is 0.339 e. The summed E-state index contributed by atoms with van der Waals surface area (Å²) in [4.78, 5) is 17.7. The fraction of sp³-hybridized carbons (Fsp3) is 0.265. The number of benzene rings is 4. The second-order valence-corrected chi connectivity index (χ2v) is 11.3. The summed E-state index contributed by atoms with van der Waals surface area (Å²) in [6, 6.07) is 33.4. The van der Waals surface area contributed by atoms with Crippen LogP contribution in [0.3, 0.4) is 0 Å². The number of rotatable bonds is 7. The molecule has 8 heteroatoms. The number of likely N-dealkylation sites (N-methyl/N-ethyl adjacent to an activating group) is 2. The number of nitrogens with zero attached hydrogens (tertiary/aromatic N) is 2. The molecule has 0 amide bonds. The number of fused-ring (bicyclic) bond motifs is 2. The minimum atomic E-state index is -1.11. The van der Waals surface area contributed by atoms with Crippen molar-refractivity contribution in [1.29, 1.82) is 0 Å². The zero-order valence-electron chi connectivity index (χ0n) is 24.8. The minimum Gasteiger partial charge on any atom is -0.507 e. The van der Waals surface area contributed by atoms with Gasteiger partial charge in [-0.05, 0) is 77.0 Å². The van der Waals surface area contributed by atoms with E-state index in [9.17, 15) is 9.90 Å². The maximum Gasteiger partial charge on any atom is 0.339 e. The summed E-state index contributed by atoms with van der Waals surface area (Å²) in [6.45, 7) is 5.23. The van der Waals surface area contributed by atoms with Crippen LogP contribution in [-0.4, -0.2) is 66.0 Å². The first-order chi connectivity index (χ1) is 20.1. The fourth-order valence-corrected chi connectivity index (χ4v) is 5.25. The average molecular weight is 588 g/mol. The summed E-state index contributed by atoms with van der Waals surface area (Å²) in [6.07, 6.45) is -0.420. The standard InChI is InChI=1S/C17H20N2S.C10H15NO.C7H6O3/c1-13(18(2)3)12-19-14-8-4-6-10-16(14)20-17-11-7-5-9-15(17)19;1-8(11-2)10(12)9-6-4-3-5-7-9;8-6-4-2-1-3-5(6)7(9)10/h4-11,13H,12H2,1-3H3;3-8,10-12H,1-2H3;1-4,8H,(H,9,10). The normalized spacial score (nSPS) is 13.7. The molecule has 0 spiro atoms. The molecule has 222 valence electrons. The number of aliphatic hydroxyl groups excluding tert-OH is 1. The molecule has 0 fully saturated rings. The van der Waals surface area contributed by atoms with Gasteiger partial charge in [0.05, 0.1) is 17.5 Å². The first kappa shape index (κ1) is 32.7. The summed E-state index contributed by atoms with van der Waals surface area (Å²) in [5.41, 5.74) is 3.54. The Morgan fingerprint density at radius 3 is 1.81 bits per heavy atom. The lowest BCUT2D eigenvalue weighted by atomic mass is 10.0. The molecule has 1 aliphatic heterocycles. The van der Waals surface area contributed by atoms with Crippen LogP contribution in [0.15, 0.2) is 113 Å². The van der Waals surface area contributed by atoms with E-state index in [0.717, 1.165) is 12.1 Å². The molecule has 5 rings (SSSR count). The fourth-order valence-electron chi connectivity index (χ4n) is 4.16. The summed E-state index contributed by atoms with van der Waals surface area (Å²) in [5.74, 6) is -1.31. The third kappa shape index (κ3) is 8.84. The number of aromatic hydroxyl groups is 1. The topological polar surface area (TPSA) is 96.3 Å². The van der Waals surface area contributed by atoms with Gasteiger partial charge in [-0.3, -0.25) is 0 Å². The Morgan fingerprint density at radius 1 is 0.833 bits per heavy atom. The average Bonchev–Trinajstić information content (AvgIpc) is 3.01. The molecule has 7 nitrogen and oxygen atoms in total. The zero-order valence-corrected chi connectivity index (χ0v) is 25.6. The van der Waals surface area contributed by atoms with E-state index in [1.54, 1.807) is 12.1 Å². The Bertz CT molecular complexity index is 1370. The molecule has 1 heterocycles. The van der Waals surface area contributed by atoms with Crippen molar-refractivity contribution in [3.8, 4) is 5.75 Å². The predicted molar refractivity (Wildman–Crippen MR) is 172 cm³/mol. The van der Waals surface area contributed by atoms with Crippen molar-refractivity contribution in [3.05, 3.63) is 114 Å². The maximum absolute atomic E-state index is 10.3. The second-order valence-electron chi connectivity index (χ2n) is 10.2. The van der Waals surface area contributed by atoms with Crippen LogP contribution < -0.4 is 10.2 Å². The molecule has 4 aromatic rings. The molecule has 0 radical (unpaired) electrons. The first-order valence-corrected chi connectivity index (χ1v) is 14.7. The van der Waals surface area contributed by atoms with Gasteiger partial charge in [0.25, 0.3) is 0 Å². The molecular formula is C34H41N3O4S. The van der Waals surface area contributed by atoms with E-state index in [0.29, 0.717) is 6.04 Å². The molecule has 42 heavy (non-hydrogen) atoms. The molecule has 0 aromatic heterocycles. The number of carboxylic acids is 1. The molecule has 3 atom stereocenters. The van der Waals surface area contributed by atoms with Crippen LogP contribution in [0.1, 0.15) is 35.9 Å². The number of anilines is 2. The number of hydrogen-bond acceptors (Lipinski definition) is 7. The third-order valence-corrected chi connectivity index (χ3v) is 8.20. The minimum absolute atomic E-state index is 0.0671. The van der Waals surface area contributed by atoms with Crippen molar-refractivity contribution in [2.45, 2.75) is 41.8 Å². The molecule has 1 aliphatic rings. The Balaban J connectivity index is 0.000000188. The molecular weight excluding hydrogens is 546 g/mol. The summed E-state index contributed by atoms with van der Waals surface area (Å²) in [5, 5.41) is 30.0. The highest BCUT2D eigenvalue weighted by molar-refractivity contribution is 7.99. The van der Waals surface area contributed by atoms with Crippen LogP contribution in [0.25, 0.3) is 0 Å². The van der Waals surface area contributed by atoms with Crippen LogP contribution in [0.2, 0.25) is 0 Å². The van der Waals surface area contributed by atoms with Crippen molar-refractivity contribution in [1.82, 2.24) is 10.2 Å². The number of carboxylic acid groups (broad SMARTS) is 1. The largest absolute Gasteiger partial charge is 0.507 e. The van der Waals surface area contributed by atoms with Gasteiger partial charge in [-0.2, -0.15) is 0 Å². The van der Waals surface area contributed by atoms with Gasteiger partial charge in [0, 0.05) is 28.4 Å². The zero-order chi connectivity index (χ0) is 30.6. The molecule has 0 aliphatic carbocycles. The van der Waals surface area contributed by atoms with Gasteiger partial charge in [-0.25, -0.2) is 4.79 Å². The van der Waals surface area contributed by atoms with Crippen molar-refractivity contribution in [2.75, 3.05) is 32.6 Å². The Labute approximate surface area is 253 Å². The van der Waals surface area contributed by atoms with Crippen molar-refractivity contribution in [3.63, 3.8) is 0 Å². The van der Waals surface area contributed by atoms with Crippen molar-refractivity contribution < 1.29 is 20.1 Å². The monoisotopic (exact) mass is 587 g/mol. The highest BCUT2D eigenvalue weighted by atomic mass is 32.2. The van der Waals surface area contributed by atoms with Crippen LogP contribution >= 0.6 is 11.8 Å². The van der Waals surface area contributed by atoms with E-state index in [1.165, 1.54) is 33.3 Å². The molecule has 3 unspecified atom stereocenters. The lowest BCUT2D eigenvalue weighted by Crippen LogP contribution is -2.37. The third-order valence-electron chi connectivity index (χ3n) is 7.06. The molecule has 4 N–H and O–H groups in total. The van der Waals surface area contributed by atoms with Crippen LogP contribution in [-0.2, 0) is 0 Å². The van der Waals surface area contributed by atoms with Crippen LogP contribution in [0.5, 0.6) is 5.75 Å². The summed E-state index contributed by atoms with van der Waals surface area (Å²) < 4.78 is 0.